The fourth-order valence-corrected chi connectivity index (χ4v) is 4.45. The van der Waals surface area contributed by atoms with Crippen LogP contribution in [0, 0.1) is 0 Å². The summed E-state index contributed by atoms with van der Waals surface area (Å²) in [5, 5.41) is 12.3. The number of methoxy groups -OCH3 is 2. The number of ether oxygens (including phenoxy) is 2. The molecule has 1 unspecified atom stereocenters. The maximum absolute atomic E-state index is 13.3. The van der Waals surface area contributed by atoms with Gasteiger partial charge in [0.05, 0.1) is 31.4 Å². The largest absolute Gasteiger partial charge is 0.507 e. The molecule has 0 radical (unpaired) electrons. The van der Waals surface area contributed by atoms with Crippen molar-refractivity contribution >= 4 is 28.4 Å². The van der Waals surface area contributed by atoms with Crippen LogP contribution >= 0.6 is 0 Å². The summed E-state index contributed by atoms with van der Waals surface area (Å²) in [5.41, 5.74) is 2.01. The molecule has 8 nitrogen and oxygen atoms in total. The first-order chi connectivity index (χ1) is 16.4. The third kappa shape index (κ3) is 4.12. The number of nitrogens with one attached hydrogen (secondary N) is 1. The number of amides is 1. The van der Waals surface area contributed by atoms with Crippen molar-refractivity contribution in [1.29, 1.82) is 0 Å². The quantitative estimate of drug-likeness (QED) is 0.301. The van der Waals surface area contributed by atoms with E-state index in [4.69, 9.17) is 9.47 Å². The Bertz CT molecular complexity index is 1260. The van der Waals surface area contributed by atoms with E-state index in [0.717, 1.165) is 23.0 Å². The second kappa shape index (κ2) is 9.61. The number of rotatable bonds is 8. The Morgan fingerprint density at radius 3 is 2.59 bits per heavy atom. The van der Waals surface area contributed by atoms with Gasteiger partial charge in [0.15, 0.2) is 0 Å². The van der Waals surface area contributed by atoms with Crippen LogP contribution in [0.25, 0.3) is 16.7 Å². The van der Waals surface area contributed by atoms with E-state index in [1.165, 1.54) is 14.2 Å². The van der Waals surface area contributed by atoms with Crippen molar-refractivity contribution in [3.63, 3.8) is 0 Å². The number of nitrogens with zero attached hydrogens (tertiary/aromatic N) is 2. The number of aliphatic hydroxyl groups is 1. The first-order valence-corrected chi connectivity index (χ1v) is 11.1. The van der Waals surface area contributed by atoms with Crippen LogP contribution in [-0.4, -0.2) is 73.0 Å². The Labute approximate surface area is 198 Å². The fraction of sp³-hybridized carbons (Fsp3) is 0.308. The van der Waals surface area contributed by atoms with Gasteiger partial charge < -0.3 is 29.4 Å². The second-order valence-corrected chi connectivity index (χ2v) is 8.51. The maximum Gasteiger partial charge on any atom is 0.295 e. The van der Waals surface area contributed by atoms with Crippen molar-refractivity contribution in [1.82, 2.24) is 14.8 Å². The summed E-state index contributed by atoms with van der Waals surface area (Å²) in [7, 11) is 6.93. The van der Waals surface area contributed by atoms with Gasteiger partial charge >= 0.3 is 0 Å². The van der Waals surface area contributed by atoms with Gasteiger partial charge in [0.2, 0.25) is 0 Å². The Kier molecular flexibility index (Phi) is 6.61. The molecule has 1 atom stereocenters. The van der Waals surface area contributed by atoms with E-state index >= 15 is 0 Å². The van der Waals surface area contributed by atoms with E-state index in [1.54, 1.807) is 29.3 Å². The van der Waals surface area contributed by atoms with E-state index in [9.17, 15) is 14.7 Å². The minimum atomic E-state index is -0.731. The molecular formula is C26H29N3O5. The van der Waals surface area contributed by atoms with Gasteiger partial charge in [-0.05, 0) is 45.3 Å². The van der Waals surface area contributed by atoms with E-state index in [-0.39, 0.29) is 11.3 Å². The maximum atomic E-state index is 13.3. The summed E-state index contributed by atoms with van der Waals surface area (Å²) in [6.07, 6.45) is 2.49. The van der Waals surface area contributed by atoms with Gasteiger partial charge in [-0.2, -0.15) is 0 Å². The molecular weight excluding hydrogens is 434 g/mol. The lowest BCUT2D eigenvalue weighted by Crippen LogP contribution is -2.32. The van der Waals surface area contributed by atoms with Crippen molar-refractivity contribution < 1.29 is 24.2 Å². The molecule has 178 valence electrons. The molecule has 4 rings (SSSR count). The van der Waals surface area contributed by atoms with Crippen molar-refractivity contribution in [3.8, 4) is 11.5 Å². The van der Waals surface area contributed by atoms with Gasteiger partial charge in [0, 0.05) is 35.3 Å². The van der Waals surface area contributed by atoms with Crippen LogP contribution in [0.15, 0.2) is 54.2 Å². The Hall–Kier alpha value is -3.78. The number of aromatic amines is 1. The predicted octanol–water partition coefficient (Wildman–Crippen LogP) is 3.56. The Morgan fingerprint density at radius 2 is 1.88 bits per heavy atom. The SMILES string of the molecule is COc1ccc(/C(O)=C2\C(=O)C(=O)N(CCCN(C)C)C2c2c[nH]c3ccccc23)c(OC)c1. The highest BCUT2D eigenvalue weighted by Gasteiger charge is 2.46. The number of benzene rings is 2. The molecule has 1 aliphatic rings. The molecule has 1 amide bonds. The van der Waals surface area contributed by atoms with Crippen LogP contribution in [0.5, 0.6) is 11.5 Å². The number of para-hydroxylation sites is 1. The zero-order valence-electron chi connectivity index (χ0n) is 19.8. The number of ketones is 1. The first kappa shape index (κ1) is 23.4. The van der Waals surface area contributed by atoms with Gasteiger partial charge in [-0.3, -0.25) is 9.59 Å². The smallest absolute Gasteiger partial charge is 0.295 e. The number of hydrogen-bond donors (Lipinski definition) is 2. The molecule has 2 heterocycles. The van der Waals surface area contributed by atoms with Crippen LogP contribution in [-0.2, 0) is 9.59 Å². The molecule has 3 aromatic rings. The lowest BCUT2D eigenvalue weighted by atomic mass is 9.94. The van der Waals surface area contributed by atoms with E-state index < -0.39 is 17.7 Å². The standard InChI is InChI=1S/C26H29N3O5/c1-28(2)12-7-13-29-23(19-15-27-20-9-6-5-8-17(19)20)22(25(31)26(29)32)24(30)18-11-10-16(33-3)14-21(18)34-4/h5-6,8-11,14-15,23,27,30H,7,12-13H2,1-4H3/b24-22+. The van der Waals surface area contributed by atoms with Crippen molar-refractivity contribution in [2.24, 2.45) is 0 Å². The summed E-state index contributed by atoms with van der Waals surface area (Å²) in [5.74, 6) is -0.721. The number of aliphatic hydroxyl groups excluding tert-OH is 1. The van der Waals surface area contributed by atoms with Crippen LogP contribution in [0.2, 0.25) is 0 Å². The molecule has 0 bridgehead atoms. The van der Waals surface area contributed by atoms with Gasteiger partial charge in [-0.25, -0.2) is 0 Å². The zero-order chi connectivity index (χ0) is 24.4. The topological polar surface area (TPSA) is 95.1 Å². The average Bonchev–Trinajstić information content (AvgIpc) is 3.37. The molecule has 8 heteroatoms. The average molecular weight is 464 g/mol. The highest BCUT2D eigenvalue weighted by Crippen LogP contribution is 2.43. The Balaban J connectivity index is 1.89. The van der Waals surface area contributed by atoms with E-state index in [2.05, 4.69) is 4.98 Å². The highest BCUT2D eigenvalue weighted by atomic mass is 16.5. The molecule has 0 spiro atoms. The van der Waals surface area contributed by atoms with Crippen LogP contribution in [0.1, 0.15) is 23.6 Å². The summed E-state index contributed by atoms with van der Waals surface area (Å²) >= 11 is 0. The lowest BCUT2D eigenvalue weighted by Gasteiger charge is -2.25. The summed E-state index contributed by atoms with van der Waals surface area (Å²) in [6.45, 7) is 1.14. The first-order valence-electron chi connectivity index (χ1n) is 11.1. The molecule has 1 saturated heterocycles. The third-order valence-corrected chi connectivity index (χ3v) is 6.12. The lowest BCUT2D eigenvalue weighted by molar-refractivity contribution is -0.139. The van der Waals surface area contributed by atoms with Crippen LogP contribution in [0.4, 0.5) is 0 Å². The predicted molar refractivity (Wildman–Crippen MR) is 130 cm³/mol. The van der Waals surface area contributed by atoms with Gasteiger partial charge in [0.25, 0.3) is 11.7 Å². The minimum Gasteiger partial charge on any atom is -0.507 e. The normalized spacial score (nSPS) is 17.7. The van der Waals surface area contributed by atoms with Crippen molar-refractivity contribution in [2.75, 3.05) is 41.4 Å². The van der Waals surface area contributed by atoms with Gasteiger partial charge in [-0.15, -0.1) is 0 Å². The number of H-pyrrole nitrogens is 1. The van der Waals surface area contributed by atoms with Crippen LogP contribution in [0.3, 0.4) is 0 Å². The summed E-state index contributed by atoms with van der Waals surface area (Å²) in [6, 6.07) is 11.9. The van der Waals surface area contributed by atoms with Crippen molar-refractivity contribution in [3.05, 3.63) is 65.4 Å². The van der Waals surface area contributed by atoms with Gasteiger partial charge in [0.1, 0.15) is 17.3 Å². The zero-order valence-corrected chi connectivity index (χ0v) is 19.8. The van der Waals surface area contributed by atoms with E-state index in [1.807, 2.05) is 43.3 Å². The van der Waals surface area contributed by atoms with Crippen LogP contribution < -0.4 is 9.47 Å². The summed E-state index contributed by atoms with van der Waals surface area (Å²) < 4.78 is 10.7. The molecule has 0 saturated carbocycles. The van der Waals surface area contributed by atoms with E-state index in [0.29, 0.717) is 30.0 Å². The number of fused-ring (bicyclic) bond motifs is 1. The molecule has 1 aliphatic heterocycles. The second-order valence-electron chi connectivity index (χ2n) is 8.51. The number of Topliss-reactive ketones (excluding diaryl/α,β-unsaturated/α-hetero) is 1. The molecule has 0 aliphatic carbocycles. The van der Waals surface area contributed by atoms with Gasteiger partial charge in [-0.1, -0.05) is 18.2 Å². The number of carbonyl (C=O) groups is 2. The number of likely N-dealkylation sites (tertiary alicyclic amines) is 1. The number of carbonyl (C=O) groups excluding carboxylic acids is 2. The third-order valence-electron chi connectivity index (χ3n) is 6.12. The van der Waals surface area contributed by atoms with Crippen molar-refractivity contribution in [2.45, 2.75) is 12.5 Å². The Morgan fingerprint density at radius 1 is 1.12 bits per heavy atom. The summed E-state index contributed by atoms with van der Waals surface area (Å²) in [4.78, 5) is 33.3. The monoisotopic (exact) mass is 463 g/mol. The molecule has 1 aromatic heterocycles. The number of hydrogen-bond acceptors (Lipinski definition) is 6. The molecule has 34 heavy (non-hydrogen) atoms. The molecule has 2 N–H and O–H groups in total. The minimum absolute atomic E-state index is 0.0445. The molecule has 2 aromatic carbocycles. The molecule has 1 fully saturated rings. The number of aromatic nitrogens is 1. The fourth-order valence-electron chi connectivity index (χ4n) is 4.45. The highest BCUT2D eigenvalue weighted by molar-refractivity contribution is 6.46.